The number of carbonyl (C=O) groups excluding carboxylic acids is 3. The molecular weight excluding hydrogens is 591 g/mol. The molecule has 0 aliphatic heterocycles. The molecule has 0 saturated heterocycles. The third-order valence-corrected chi connectivity index (χ3v) is 8.50. The maximum Gasteiger partial charge on any atom is 0.272 e. The largest absolute Gasteiger partial charge is 0.325 e. The second-order valence-corrected chi connectivity index (χ2v) is 12.3. The highest BCUT2D eigenvalue weighted by Gasteiger charge is 2.18. The molecule has 0 radical (unpaired) electrons. The first-order chi connectivity index (χ1) is 22.2. The fraction of sp³-hybridized carbons (Fsp3) is 0.103. The zero-order valence-corrected chi connectivity index (χ0v) is 26.7. The average molecular weight is 626 g/mol. The molecule has 5 aromatic rings. The normalized spacial score (nSPS) is 11.8. The van der Waals surface area contributed by atoms with E-state index in [2.05, 4.69) is 16.0 Å². The van der Waals surface area contributed by atoms with Crippen molar-refractivity contribution in [1.29, 1.82) is 0 Å². The zero-order valence-electron chi connectivity index (χ0n) is 25.9. The van der Waals surface area contributed by atoms with Crippen LogP contribution in [-0.2, 0) is 9.59 Å². The van der Waals surface area contributed by atoms with Gasteiger partial charge in [0, 0.05) is 21.8 Å². The minimum absolute atomic E-state index is 0.0977. The van der Waals surface area contributed by atoms with Crippen LogP contribution in [-0.4, -0.2) is 23.0 Å². The molecule has 0 fully saturated rings. The minimum atomic E-state index is -0.473. The lowest BCUT2D eigenvalue weighted by Crippen LogP contribution is -2.30. The lowest BCUT2D eigenvalue weighted by molar-refractivity contribution is -0.115. The molecular formula is C39H35N3O3S. The number of amides is 3. The van der Waals surface area contributed by atoms with Crippen molar-refractivity contribution < 1.29 is 14.4 Å². The maximum atomic E-state index is 13.6. The van der Waals surface area contributed by atoms with Crippen LogP contribution in [0.2, 0.25) is 0 Å². The van der Waals surface area contributed by atoms with Gasteiger partial charge in [0.2, 0.25) is 5.91 Å². The van der Waals surface area contributed by atoms with Crippen LogP contribution in [0.1, 0.15) is 34.0 Å². The Hall–Kier alpha value is -5.40. The van der Waals surface area contributed by atoms with Gasteiger partial charge in [-0.1, -0.05) is 84.9 Å². The number of benzene rings is 5. The first-order valence-electron chi connectivity index (χ1n) is 14.9. The van der Waals surface area contributed by atoms with E-state index in [4.69, 9.17) is 0 Å². The third-order valence-electron chi connectivity index (χ3n) is 7.41. The number of anilines is 2. The summed E-state index contributed by atoms with van der Waals surface area (Å²) in [7, 11) is 0. The Morgan fingerprint density at radius 3 is 2.00 bits per heavy atom. The highest BCUT2D eigenvalue weighted by atomic mass is 32.2. The standard InChI is InChI=1S/C39H35N3O3S/c1-26-17-22-34(23-27(26)2)40-37(43)28(3)46-35-16-10-15-33(25-35)41-39(45)36(42-38(44)32-13-8-5-9-14-32)24-29-18-20-31(21-19-29)30-11-6-4-7-12-30/h4-25,28H,1-3H3,(H,40,43)(H,41,45)(H,42,44)/b36-24+. The van der Waals surface area contributed by atoms with Gasteiger partial charge in [-0.2, -0.15) is 0 Å². The van der Waals surface area contributed by atoms with Gasteiger partial charge in [-0.3, -0.25) is 14.4 Å². The second-order valence-electron chi connectivity index (χ2n) is 10.9. The Balaban J connectivity index is 1.31. The van der Waals surface area contributed by atoms with E-state index in [0.29, 0.717) is 11.3 Å². The smallest absolute Gasteiger partial charge is 0.272 e. The summed E-state index contributed by atoms with van der Waals surface area (Å²) >= 11 is 1.39. The van der Waals surface area contributed by atoms with Crippen LogP contribution < -0.4 is 16.0 Å². The molecule has 0 saturated carbocycles. The van der Waals surface area contributed by atoms with E-state index in [1.807, 2.05) is 118 Å². The summed E-state index contributed by atoms with van der Waals surface area (Å²) in [6.07, 6.45) is 1.66. The second kappa shape index (κ2) is 15.1. The summed E-state index contributed by atoms with van der Waals surface area (Å²) in [6.45, 7) is 5.89. The number of hydrogen-bond donors (Lipinski definition) is 3. The van der Waals surface area contributed by atoms with Gasteiger partial charge in [0.1, 0.15) is 5.70 Å². The maximum absolute atomic E-state index is 13.6. The van der Waals surface area contributed by atoms with Crippen molar-refractivity contribution >= 4 is 46.9 Å². The highest BCUT2D eigenvalue weighted by molar-refractivity contribution is 8.00. The molecule has 5 aromatic carbocycles. The van der Waals surface area contributed by atoms with Gasteiger partial charge in [0.05, 0.1) is 5.25 Å². The molecule has 0 spiro atoms. The van der Waals surface area contributed by atoms with Crippen molar-refractivity contribution in [3.8, 4) is 11.1 Å². The van der Waals surface area contributed by atoms with Crippen molar-refractivity contribution in [2.24, 2.45) is 0 Å². The fourth-order valence-electron chi connectivity index (χ4n) is 4.68. The van der Waals surface area contributed by atoms with Gasteiger partial charge in [-0.15, -0.1) is 11.8 Å². The van der Waals surface area contributed by atoms with Gasteiger partial charge in [-0.25, -0.2) is 0 Å². The number of rotatable bonds is 10. The van der Waals surface area contributed by atoms with Gasteiger partial charge in [-0.05, 0) is 97.1 Å². The SMILES string of the molecule is Cc1ccc(NC(=O)C(C)Sc2cccc(NC(=O)/C(=C\c3ccc(-c4ccccc4)cc3)NC(=O)c3ccccc3)c2)cc1C. The zero-order chi connectivity index (χ0) is 32.5. The topological polar surface area (TPSA) is 87.3 Å². The van der Waals surface area contributed by atoms with Crippen LogP contribution in [0.15, 0.2) is 138 Å². The fourth-order valence-corrected chi connectivity index (χ4v) is 5.60. The minimum Gasteiger partial charge on any atom is -0.325 e. The summed E-state index contributed by atoms with van der Waals surface area (Å²) in [5, 5.41) is 8.31. The van der Waals surface area contributed by atoms with Crippen LogP contribution in [0.3, 0.4) is 0 Å². The van der Waals surface area contributed by atoms with Crippen molar-refractivity contribution in [2.45, 2.75) is 30.9 Å². The van der Waals surface area contributed by atoms with Gasteiger partial charge in [0.25, 0.3) is 11.8 Å². The first kappa shape index (κ1) is 32.0. The number of aryl methyl sites for hydroxylation is 2. The summed E-state index contributed by atoms with van der Waals surface area (Å²) in [5.74, 6) is -0.982. The molecule has 0 aliphatic rings. The van der Waals surface area contributed by atoms with Crippen molar-refractivity contribution in [3.05, 3.63) is 155 Å². The molecule has 5 rings (SSSR count). The van der Waals surface area contributed by atoms with E-state index >= 15 is 0 Å². The van der Waals surface area contributed by atoms with Gasteiger partial charge in [0.15, 0.2) is 0 Å². The molecule has 230 valence electrons. The van der Waals surface area contributed by atoms with E-state index < -0.39 is 11.8 Å². The molecule has 0 aliphatic carbocycles. The Morgan fingerprint density at radius 1 is 0.652 bits per heavy atom. The van der Waals surface area contributed by atoms with Crippen molar-refractivity contribution in [2.75, 3.05) is 10.6 Å². The predicted octanol–water partition coefficient (Wildman–Crippen LogP) is 8.50. The summed E-state index contributed by atoms with van der Waals surface area (Å²) in [5.41, 5.74) is 6.99. The molecule has 0 bridgehead atoms. The van der Waals surface area contributed by atoms with E-state index in [0.717, 1.165) is 38.4 Å². The van der Waals surface area contributed by atoms with E-state index in [1.165, 1.54) is 11.8 Å². The molecule has 3 amide bonds. The predicted molar refractivity (Wildman–Crippen MR) is 189 cm³/mol. The van der Waals surface area contributed by atoms with E-state index in [1.54, 1.807) is 36.4 Å². The van der Waals surface area contributed by atoms with Crippen LogP contribution in [0.5, 0.6) is 0 Å². The first-order valence-corrected chi connectivity index (χ1v) is 15.8. The number of carbonyl (C=O) groups is 3. The number of nitrogens with one attached hydrogen (secondary N) is 3. The molecule has 7 heteroatoms. The molecule has 46 heavy (non-hydrogen) atoms. The summed E-state index contributed by atoms with van der Waals surface area (Å²) in [6, 6.07) is 39.7. The van der Waals surface area contributed by atoms with Crippen LogP contribution >= 0.6 is 11.8 Å². The molecule has 6 nitrogen and oxygen atoms in total. The Bertz CT molecular complexity index is 1870. The monoisotopic (exact) mass is 625 g/mol. The lowest BCUT2D eigenvalue weighted by Gasteiger charge is -2.15. The number of thioether (sulfide) groups is 1. The van der Waals surface area contributed by atoms with Crippen LogP contribution in [0.4, 0.5) is 11.4 Å². The quantitative estimate of drug-likeness (QED) is 0.107. The summed E-state index contributed by atoms with van der Waals surface area (Å²) in [4.78, 5) is 40.4. The highest BCUT2D eigenvalue weighted by Crippen LogP contribution is 2.27. The number of hydrogen-bond acceptors (Lipinski definition) is 4. The van der Waals surface area contributed by atoms with E-state index in [9.17, 15) is 14.4 Å². The van der Waals surface area contributed by atoms with E-state index in [-0.39, 0.29) is 16.9 Å². The summed E-state index contributed by atoms with van der Waals surface area (Å²) < 4.78 is 0. The molecule has 1 atom stereocenters. The third kappa shape index (κ3) is 8.61. The van der Waals surface area contributed by atoms with Crippen molar-refractivity contribution in [1.82, 2.24) is 5.32 Å². The molecule has 0 aromatic heterocycles. The Labute approximate surface area is 274 Å². The molecule has 1 unspecified atom stereocenters. The molecule has 0 heterocycles. The Morgan fingerprint density at radius 2 is 1.30 bits per heavy atom. The average Bonchev–Trinajstić information content (AvgIpc) is 3.07. The van der Waals surface area contributed by atoms with Crippen molar-refractivity contribution in [3.63, 3.8) is 0 Å². The lowest BCUT2D eigenvalue weighted by atomic mass is 10.0. The van der Waals surface area contributed by atoms with Crippen LogP contribution in [0.25, 0.3) is 17.2 Å². The Kier molecular flexibility index (Phi) is 10.5. The van der Waals surface area contributed by atoms with Crippen LogP contribution in [0, 0.1) is 13.8 Å². The molecule has 3 N–H and O–H groups in total. The van der Waals surface area contributed by atoms with Gasteiger partial charge < -0.3 is 16.0 Å². The van der Waals surface area contributed by atoms with Gasteiger partial charge >= 0.3 is 0 Å².